The van der Waals surface area contributed by atoms with E-state index >= 15 is 0 Å². The molecule has 1 N–H and O–H groups in total. The maximum atomic E-state index is 12.0. The molecule has 0 atom stereocenters. The third kappa shape index (κ3) is 3.52. The zero-order valence-corrected chi connectivity index (χ0v) is 11.0. The quantitative estimate of drug-likeness (QED) is 0.380. The Kier molecular flexibility index (Phi) is 5.01. The lowest BCUT2D eigenvalue weighted by molar-refractivity contribution is -0.111. The summed E-state index contributed by atoms with van der Waals surface area (Å²) in [5.41, 5.74) is 1.05. The normalized spacial score (nSPS) is 11.6. The first kappa shape index (κ1) is 14.6. The first-order chi connectivity index (χ1) is 9.01. The summed E-state index contributed by atoms with van der Waals surface area (Å²) < 4.78 is 0. The van der Waals surface area contributed by atoms with E-state index in [4.69, 9.17) is 0 Å². The van der Waals surface area contributed by atoms with Crippen LogP contribution in [-0.2, 0) is 4.79 Å². The van der Waals surface area contributed by atoms with Gasteiger partial charge in [0.05, 0.1) is 5.56 Å². The van der Waals surface area contributed by atoms with Gasteiger partial charge in [0, 0.05) is 5.57 Å². The first-order valence-electron chi connectivity index (χ1n) is 5.85. The van der Waals surface area contributed by atoms with Crippen LogP contribution in [0.5, 0.6) is 5.75 Å². The average Bonchev–Trinajstić information content (AvgIpc) is 2.40. The van der Waals surface area contributed by atoms with Crippen molar-refractivity contribution in [2.45, 2.75) is 13.8 Å². The molecule has 0 saturated carbocycles. The Morgan fingerprint density at radius 2 is 2.00 bits per heavy atom. The van der Waals surface area contributed by atoms with Gasteiger partial charge in [0.15, 0.2) is 0 Å². The van der Waals surface area contributed by atoms with Crippen molar-refractivity contribution >= 4 is 17.6 Å². The van der Waals surface area contributed by atoms with Crippen LogP contribution < -0.4 is 0 Å². The molecular formula is C16H16O3. The maximum absolute atomic E-state index is 12.0. The van der Waals surface area contributed by atoms with Gasteiger partial charge in [0.1, 0.15) is 5.75 Å². The van der Waals surface area contributed by atoms with E-state index < -0.39 is 11.6 Å². The molecule has 0 aliphatic rings. The van der Waals surface area contributed by atoms with Gasteiger partial charge in [0.25, 0.3) is 0 Å². The summed E-state index contributed by atoms with van der Waals surface area (Å²) >= 11 is 0. The maximum Gasteiger partial charge on any atom is 0.236 e. The molecule has 0 radical (unpaired) electrons. The number of Topliss-reactive ketones (excluding diaryl/α,β-unsaturated/α-hetero) is 2. The average molecular weight is 256 g/mol. The Balaban J connectivity index is 3.19. The van der Waals surface area contributed by atoms with Crippen molar-refractivity contribution in [2.75, 3.05) is 0 Å². The summed E-state index contributed by atoms with van der Waals surface area (Å²) in [6.45, 7) is 6.85. The summed E-state index contributed by atoms with van der Waals surface area (Å²) in [5, 5.41) is 9.70. The van der Waals surface area contributed by atoms with Crippen molar-refractivity contribution < 1.29 is 14.7 Å². The fraction of sp³-hybridized carbons (Fsp3) is 0.125. The van der Waals surface area contributed by atoms with Crippen molar-refractivity contribution in [2.24, 2.45) is 0 Å². The summed E-state index contributed by atoms with van der Waals surface area (Å²) in [7, 11) is 0. The molecule has 98 valence electrons. The highest BCUT2D eigenvalue weighted by Gasteiger charge is 2.20. The van der Waals surface area contributed by atoms with E-state index in [1.54, 1.807) is 12.1 Å². The second-order valence-corrected chi connectivity index (χ2v) is 4.02. The van der Waals surface area contributed by atoms with Crippen molar-refractivity contribution in [1.82, 2.24) is 0 Å². The molecule has 0 unspecified atom stereocenters. The summed E-state index contributed by atoms with van der Waals surface area (Å²) in [6.07, 6.45) is 6.50. The number of hydrogen-bond acceptors (Lipinski definition) is 3. The Morgan fingerprint density at radius 3 is 2.58 bits per heavy atom. The fourth-order valence-electron chi connectivity index (χ4n) is 1.59. The van der Waals surface area contributed by atoms with Gasteiger partial charge in [-0.3, -0.25) is 9.59 Å². The Morgan fingerprint density at radius 1 is 1.32 bits per heavy atom. The van der Waals surface area contributed by atoms with Crippen molar-refractivity contribution in [1.29, 1.82) is 0 Å². The minimum absolute atomic E-state index is 0.0115. The van der Waals surface area contributed by atoms with Crippen molar-refractivity contribution in [3.63, 3.8) is 0 Å². The van der Waals surface area contributed by atoms with Gasteiger partial charge >= 0.3 is 0 Å². The lowest BCUT2D eigenvalue weighted by atomic mass is 9.99. The Hall–Kier alpha value is -2.42. The molecule has 1 aromatic rings. The summed E-state index contributed by atoms with van der Waals surface area (Å²) in [6, 6.07) is 4.57. The van der Waals surface area contributed by atoms with Gasteiger partial charge in [-0.2, -0.15) is 0 Å². The molecule has 1 rings (SSSR count). The molecule has 0 heterocycles. The molecular weight excluding hydrogens is 240 g/mol. The number of aromatic hydroxyl groups is 1. The predicted molar refractivity (Wildman–Crippen MR) is 76.1 cm³/mol. The standard InChI is InChI=1S/C16H16O3/c1-4-6-11(3)15(18)16(19)13-10-12(7-5-2)8-9-14(13)17/h4-10,17H,1H2,2-3H3/b7-5+,11-6+. The number of carbonyl (C=O) groups excluding carboxylic acids is 2. The number of benzene rings is 1. The van der Waals surface area contributed by atoms with Crippen LogP contribution in [-0.4, -0.2) is 16.7 Å². The molecule has 0 aliphatic carbocycles. The molecule has 0 saturated heterocycles. The van der Waals surface area contributed by atoms with Crippen LogP contribution >= 0.6 is 0 Å². The van der Waals surface area contributed by atoms with Crippen LogP contribution in [0.1, 0.15) is 29.8 Å². The second kappa shape index (κ2) is 6.50. The zero-order chi connectivity index (χ0) is 14.4. The highest BCUT2D eigenvalue weighted by atomic mass is 16.3. The molecule has 0 amide bonds. The van der Waals surface area contributed by atoms with E-state index in [0.29, 0.717) is 0 Å². The van der Waals surface area contributed by atoms with Gasteiger partial charge in [-0.05, 0) is 31.5 Å². The smallest absolute Gasteiger partial charge is 0.236 e. The van der Waals surface area contributed by atoms with Crippen LogP contribution in [0.3, 0.4) is 0 Å². The van der Waals surface area contributed by atoms with Crippen LogP contribution in [0.4, 0.5) is 0 Å². The van der Waals surface area contributed by atoms with E-state index in [-0.39, 0.29) is 16.9 Å². The molecule has 3 nitrogen and oxygen atoms in total. The zero-order valence-electron chi connectivity index (χ0n) is 11.0. The number of rotatable bonds is 5. The molecule has 0 spiro atoms. The lowest BCUT2D eigenvalue weighted by Crippen LogP contribution is -2.15. The molecule has 0 fully saturated rings. The lowest BCUT2D eigenvalue weighted by Gasteiger charge is -2.04. The largest absolute Gasteiger partial charge is 0.507 e. The van der Waals surface area contributed by atoms with Gasteiger partial charge in [-0.25, -0.2) is 0 Å². The summed E-state index contributed by atoms with van der Waals surface area (Å²) in [5.74, 6) is -1.56. The topological polar surface area (TPSA) is 54.4 Å². The Labute approximate surface area is 112 Å². The molecule has 0 aliphatic heterocycles. The number of ketones is 2. The number of carbonyl (C=O) groups is 2. The van der Waals surface area contributed by atoms with Gasteiger partial charge in [-0.15, -0.1) is 0 Å². The third-order valence-electron chi connectivity index (χ3n) is 2.56. The van der Waals surface area contributed by atoms with E-state index in [1.165, 1.54) is 31.2 Å². The number of phenolic OH excluding ortho intramolecular Hbond substituents is 1. The van der Waals surface area contributed by atoms with E-state index in [0.717, 1.165) is 5.56 Å². The minimum atomic E-state index is -0.723. The highest BCUT2D eigenvalue weighted by molar-refractivity contribution is 6.49. The predicted octanol–water partition coefficient (Wildman–Crippen LogP) is 3.31. The molecule has 19 heavy (non-hydrogen) atoms. The minimum Gasteiger partial charge on any atom is -0.507 e. The first-order valence-corrected chi connectivity index (χ1v) is 5.85. The number of allylic oxidation sites excluding steroid dienone is 4. The summed E-state index contributed by atoms with van der Waals surface area (Å²) in [4.78, 5) is 23.9. The van der Waals surface area contributed by atoms with Gasteiger partial charge in [0.2, 0.25) is 11.6 Å². The number of phenols is 1. The SMILES string of the molecule is C=C/C=C(\C)C(=O)C(=O)c1cc(/C=C/C)ccc1O. The number of hydrogen-bond donors (Lipinski definition) is 1. The van der Waals surface area contributed by atoms with E-state index in [1.807, 2.05) is 13.0 Å². The van der Waals surface area contributed by atoms with Crippen molar-refractivity contribution in [3.05, 3.63) is 59.7 Å². The molecule has 0 bridgehead atoms. The molecule has 1 aromatic carbocycles. The van der Waals surface area contributed by atoms with Gasteiger partial charge < -0.3 is 5.11 Å². The van der Waals surface area contributed by atoms with Crippen molar-refractivity contribution in [3.8, 4) is 5.75 Å². The van der Waals surface area contributed by atoms with Crippen LogP contribution in [0.15, 0.2) is 48.6 Å². The molecule has 0 aromatic heterocycles. The van der Waals surface area contributed by atoms with Gasteiger partial charge in [-0.1, -0.05) is 36.9 Å². The monoisotopic (exact) mass is 256 g/mol. The molecule has 3 heteroatoms. The third-order valence-corrected chi connectivity index (χ3v) is 2.56. The van der Waals surface area contributed by atoms with Crippen LogP contribution in [0.25, 0.3) is 6.08 Å². The Bertz CT molecular complexity index is 578. The fourth-order valence-corrected chi connectivity index (χ4v) is 1.59. The van der Waals surface area contributed by atoms with Crippen LogP contribution in [0, 0.1) is 0 Å². The van der Waals surface area contributed by atoms with Crippen LogP contribution in [0.2, 0.25) is 0 Å². The highest BCUT2D eigenvalue weighted by Crippen LogP contribution is 2.21. The van der Waals surface area contributed by atoms with E-state index in [9.17, 15) is 14.7 Å². The van der Waals surface area contributed by atoms with E-state index in [2.05, 4.69) is 6.58 Å². The second-order valence-electron chi connectivity index (χ2n) is 4.02.